The number of ether oxygens (including phenoxy) is 1. The molecule has 2 aromatic carbocycles. The molecule has 1 heterocycles. The van der Waals surface area contributed by atoms with Gasteiger partial charge >= 0.3 is 5.97 Å². The Morgan fingerprint density at radius 2 is 1.76 bits per heavy atom. The van der Waals surface area contributed by atoms with Gasteiger partial charge in [-0.2, -0.15) is 0 Å². The fraction of sp³-hybridized carbons (Fsp3) is 0.444. The normalized spacial score (nSPS) is 12.8. The Hall–Kier alpha value is -3.66. The maximum absolute atomic E-state index is 14.1. The van der Waals surface area contributed by atoms with Gasteiger partial charge in [-0.3, -0.25) is 19.3 Å². The van der Waals surface area contributed by atoms with Crippen LogP contribution in [0.1, 0.15) is 75.9 Å². The number of carbonyl (C=O) groups is 3. The number of aliphatic hydroxyl groups is 1. The van der Waals surface area contributed by atoms with Crippen LogP contribution in [0.5, 0.6) is 5.75 Å². The Morgan fingerprint density at radius 1 is 1.14 bits per heavy atom. The Labute approximate surface area is 218 Å². The van der Waals surface area contributed by atoms with E-state index < -0.39 is 42.2 Å². The number of carbonyl (C=O) groups excluding carboxylic acids is 2. The molecule has 0 unspecified atom stereocenters. The van der Waals surface area contributed by atoms with E-state index in [9.17, 15) is 23.9 Å². The quantitative estimate of drug-likeness (QED) is 0.380. The zero-order valence-corrected chi connectivity index (χ0v) is 22.7. The Kier molecular flexibility index (Phi) is 14.6. The fourth-order valence-corrected chi connectivity index (χ4v) is 3.47. The van der Waals surface area contributed by atoms with Crippen molar-refractivity contribution in [3.8, 4) is 5.75 Å². The summed E-state index contributed by atoms with van der Waals surface area (Å²) in [4.78, 5) is 36.6. The number of primary amides is 1. The van der Waals surface area contributed by atoms with E-state index in [1.165, 1.54) is 25.3 Å². The van der Waals surface area contributed by atoms with Crippen molar-refractivity contribution in [3.05, 3.63) is 58.9 Å². The van der Waals surface area contributed by atoms with E-state index in [2.05, 4.69) is 5.32 Å². The molecule has 0 radical (unpaired) electrons. The van der Waals surface area contributed by atoms with E-state index >= 15 is 0 Å². The van der Waals surface area contributed by atoms with E-state index in [0.717, 1.165) is 4.90 Å². The second kappa shape index (κ2) is 16.2. The average molecular weight is 522 g/mol. The number of halogens is 1. The largest absolute Gasteiger partial charge is 0.497 e. The predicted octanol–water partition coefficient (Wildman–Crippen LogP) is 4.52. The van der Waals surface area contributed by atoms with Crippen molar-refractivity contribution >= 4 is 23.5 Å². The minimum absolute atomic E-state index is 0.0901. The van der Waals surface area contributed by atoms with Gasteiger partial charge in [0, 0.05) is 35.3 Å². The number of carboxylic acids is 1. The SMILES string of the molecule is CC.CC.CC.COc1ccc(F)c(CNc2cccc3c2CN([C@](O)(CCC(=O)O)C(N)=O)C3=O)c1. The number of fused-ring (bicyclic) bond motifs is 1. The van der Waals surface area contributed by atoms with Crippen molar-refractivity contribution < 1.29 is 33.7 Å². The molecule has 0 fully saturated rings. The van der Waals surface area contributed by atoms with Gasteiger partial charge in [0.05, 0.1) is 20.1 Å². The van der Waals surface area contributed by atoms with Gasteiger partial charge in [-0.05, 0) is 30.3 Å². The third-order valence-corrected chi connectivity index (χ3v) is 5.22. The monoisotopic (exact) mass is 521 g/mol. The molecule has 5 N–H and O–H groups in total. The Bertz CT molecular complexity index is 1050. The number of hydrogen-bond acceptors (Lipinski definition) is 6. The highest BCUT2D eigenvalue weighted by Gasteiger charge is 2.47. The van der Waals surface area contributed by atoms with Gasteiger partial charge in [-0.15, -0.1) is 0 Å². The maximum Gasteiger partial charge on any atom is 0.303 e. The molecule has 0 saturated heterocycles. The van der Waals surface area contributed by atoms with Crippen LogP contribution in [0.3, 0.4) is 0 Å². The summed E-state index contributed by atoms with van der Waals surface area (Å²) in [6.07, 6.45) is -1.10. The Balaban J connectivity index is 0.00000201. The summed E-state index contributed by atoms with van der Waals surface area (Å²) in [6, 6.07) is 9.12. The maximum atomic E-state index is 14.1. The summed E-state index contributed by atoms with van der Waals surface area (Å²) in [5, 5.41) is 22.7. The minimum Gasteiger partial charge on any atom is -0.497 e. The van der Waals surface area contributed by atoms with Crippen molar-refractivity contribution in [2.24, 2.45) is 5.73 Å². The molecule has 1 atom stereocenters. The van der Waals surface area contributed by atoms with Crippen molar-refractivity contribution in [3.63, 3.8) is 0 Å². The summed E-state index contributed by atoms with van der Waals surface area (Å²) >= 11 is 0. The third-order valence-electron chi connectivity index (χ3n) is 5.22. The second-order valence-corrected chi connectivity index (χ2v) is 7.11. The van der Waals surface area contributed by atoms with Crippen LogP contribution in [-0.4, -0.2) is 45.7 Å². The first-order valence-electron chi connectivity index (χ1n) is 12.4. The minimum atomic E-state index is -2.45. The summed E-state index contributed by atoms with van der Waals surface area (Å²) < 4.78 is 19.2. The Morgan fingerprint density at radius 3 is 2.30 bits per heavy atom. The topological polar surface area (TPSA) is 142 Å². The lowest BCUT2D eigenvalue weighted by Crippen LogP contribution is -2.58. The van der Waals surface area contributed by atoms with Gasteiger partial charge in [0.15, 0.2) is 0 Å². The molecule has 37 heavy (non-hydrogen) atoms. The zero-order valence-electron chi connectivity index (χ0n) is 22.7. The van der Waals surface area contributed by atoms with E-state index in [1.54, 1.807) is 18.2 Å². The van der Waals surface area contributed by atoms with E-state index in [-0.39, 0.29) is 18.7 Å². The molecule has 0 bridgehead atoms. The van der Waals surface area contributed by atoms with Gasteiger partial charge < -0.3 is 26.0 Å². The number of hydrogen-bond donors (Lipinski definition) is 4. The molecule has 0 saturated carbocycles. The number of nitrogens with zero attached hydrogens (tertiary/aromatic N) is 1. The molecule has 2 aromatic rings. The average Bonchev–Trinajstić information content (AvgIpc) is 3.27. The first kappa shape index (κ1) is 33.3. The summed E-state index contributed by atoms with van der Waals surface area (Å²) in [5.74, 6) is -3.06. The second-order valence-electron chi connectivity index (χ2n) is 7.11. The lowest BCUT2D eigenvalue weighted by molar-refractivity contribution is -0.159. The highest BCUT2D eigenvalue weighted by Crippen LogP contribution is 2.35. The van der Waals surface area contributed by atoms with E-state index in [0.29, 0.717) is 22.6 Å². The van der Waals surface area contributed by atoms with Crippen molar-refractivity contribution in [2.75, 3.05) is 12.4 Å². The number of methoxy groups -OCH3 is 1. The highest BCUT2D eigenvalue weighted by molar-refractivity contribution is 6.03. The van der Waals surface area contributed by atoms with Crippen LogP contribution < -0.4 is 15.8 Å². The summed E-state index contributed by atoms with van der Waals surface area (Å²) in [6.45, 7) is 11.9. The van der Waals surface area contributed by atoms with Gasteiger partial charge in [0.1, 0.15) is 11.6 Å². The van der Waals surface area contributed by atoms with E-state index in [4.69, 9.17) is 15.6 Å². The molecule has 0 spiro atoms. The predicted molar refractivity (Wildman–Crippen MR) is 142 cm³/mol. The first-order valence-corrected chi connectivity index (χ1v) is 12.4. The van der Waals surface area contributed by atoms with Crippen LogP contribution in [0.2, 0.25) is 0 Å². The van der Waals surface area contributed by atoms with Crippen LogP contribution >= 0.6 is 0 Å². The first-order chi connectivity index (χ1) is 17.7. The standard InChI is InChI=1S/C21H22FN3O6.3C2H6/c1-31-13-5-6-16(22)12(9-13)10-24-17-4-2-3-14-15(17)11-25(19(14)28)21(30,20(23)29)8-7-18(26)27;3*1-2/h2-6,9,24,30H,7-8,10-11H2,1H3,(H2,23,29)(H,26,27);3*1-2H3/t21-;;;/m0.../s1. The van der Waals surface area contributed by atoms with Crippen LogP contribution in [0.15, 0.2) is 36.4 Å². The molecular formula is C27H40FN3O6. The van der Waals surface area contributed by atoms with E-state index in [1.807, 2.05) is 41.5 Å². The molecule has 206 valence electrons. The van der Waals surface area contributed by atoms with Crippen LogP contribution in [-0.2, 0) is 22.7 Å². The van der Waals surface area contributed by atoms with Gasteiger partial charge in [-0.25, -0.2) is 4.39 Å². The van der Waals surface area contributed by atoms with Crippen LogP contribution in [0.4, 0.5) is 10.1 Å². The molecule has 0 aromatic heterocycles. The molecule has 3 rings (SSSR count). The number of rotatable bonds is 9. The number of nitrogens with two attached hydrogens (primary N) is 1. The molecule has 0 aliphatic carbocycles. The van der Waals surface area contributed by atoms with Gasteiger partial charge in [0.25, 0.3) is 11.8 Å². The number of carboxylic acid groups (broad SMARTS) is 1. The molecular weight excluding hydrogens is 481 g/mol. The molecule has 2 amide bonds. The number of aliphatic carboxylic acids is 1. The molecule has 9 nitrogen and oxygen atoms in total. The molecule has 1 aliphatic heterocycles. The number of nitrogens with one attached hydrogen (secondary N) is 1. The van der Waals surface area contributed by atoms with Gasteiger partial charge in [0.2, 0.25) is 5.72 Å². The highest BCUT2D eigenvalue weighted by atomic mass is 19.1. The smallest absolute Gasteiger partial charge is 0.303 e. The number of anilines is 1. The van der Waals surface area contributed by atoms with Crippen LogP contribution in [0.25, 0.3) is 0 Å². The van der Waals surface area contributed by atoms with Crippen molar-refractivity contribution in [2.45, 2.75) is 73.2 Å². The van der Waals surface area contributed by atoms with Gasteiger partial charge in [-0.1, -0.05) is 47.6 Å². The molecule has 1 aliphatic rings. The lowest BCUT2D eigenvalue weighted by Gasteiger charge is -2.33. The third kappa shape index (κ3) is 8.18. The van der Waals surface area contributed by atoms with Crippen molar-refractivity contribution in [1.82, 2.24) is 4.90 Å². The number of benzene rings is 2. The summed E-state index contributed by atoms with van der Waals surface area (Å²) in [5.41, 5.74) is 4.40. The zero-order chi connectivity index (χ0) is 28.8. The van der Waals surface area contributed by atoms with Crippen LogP contribution in [0, 0.1) is 5.82 Å². The molecule has 10 heteroatoms. The van der Waals surface area contributed by atoms with Crippen molar-refractivity contribution in [1.29, 1.82) is 0 Å². The summed E-state index contributed by atoms with van der Waals surface area (Å²) in [7, 11) is 1.47. The number of amides is 2. The lowest BCUT2D eigenvalue weighted by atomic mass is 10.0. The fourth-order valence-electron chi connectivity index (χ4n) is 3.47.